The van der Waals surface area contributed by atoms with Gasteiger partial charge in [-0.25, -0.2) is 4.99 Å². The predicted octanol–water partition coefficient (Wildman–Crippen LogP) is 3.48. The summed E-state index contributed by atoms with van der Waals surface area (Å²) >= 11 is 0. The first-order chi connectivity index (χ1) is 11.8. The number of guanidine groups is 1. The largest absolute Gasteiger partial charge is 0.372 e. The van der Waals surface area contributed by atoms with Crippen molar-refractivity contribution in [2.75, 3.05) is 13.1 Å². The maximum absolute atomic E-state index is 5.76. The van der Waals surface area contributed by atoms with Crippen LogP contribution in [0.15, 0.2) is 59.6 Å². The molecule has 0 aliphatic carbocycles. The van der Waals surface area contributed by atoms with Gasteiger partial charge in [0.15, 0.2) is 5.96 Å². The summed E-state index contributed by atoms with van der Waals surface area (Å²) in [7, 11) is 0. The number of nitrogens with one attached hydrogen (secondary N) is 2. The van der Waals surface area contributed by atoms with Crippen LogP contribution in [0.2, 0.25) is 0 Å². The van der Waals surface area contributed by atoms with Crippen LogP contribution in [0.1, 0.15) is 30.5 Å². The first kappa shape index (κ1) is 18.0. The maximum atomic E-state index is 5.76. The Kier molecular flexibility index (Phi) is 7.84. The molecule has 4 nitrogen and oxygen atoms in total. The van der Waals surface area contributed by atoms with E-state index in [-0.39, 0.29) is 0 Å². The summed E-state index contributed by atoms with van der Waals surface area (Å²) in [5, 5.41) is 6.46. The number of aliphatic imine (C=N–C) groups is 1. The SMILES string of the molecule is CCNC(=NCc1ccc(COCc2ccccc2)cc1)NCC. The Balaban J connectivity index is 1.80. The number of hydrogen-bond acceptors (Lipinski definition) is 2. The molecular weight excluding hydrogens is 298 g/mol. The van der Waals surface area contributed by atoms with Crippen LogP contribution in [0, 0.1) is 0 Å². The molecule has 0 bridgehead atoms. The van der Waals surface area contributed by atoms with Crippen molar-refractivity contribution in [1.29, 1.82) is 0 Å². The Bertz CT molecular complexity index is 601. The summed E-state index contributed by atoms with van der Waals surface area (Å²) in [6.45, 7) is 7.79. The van der Waals surface area contributed by atoms with Gasteiger partial charge in [0.1, 0.15) is 0 Å². The van der Waals surface area contributed by atoms with E-state index in [2.05, 4.69) is 65.9 Å². The predicted molar refractivity (Wildman–Crippen MR) is 99.9 cm³/mol. The second kappa shape index (κ2) is 10.4. The molecule has 2 rings (SSSR count). The van der Waals surface area contributed by atoms with Gasteiger partial charge in [0, 0.05) is 13.1 Å². The number of hydrogen-bond donors (Lipinski definition) is 2. The van der Waals surface area contributed by atoms with Gasteiger partial charge in [-0.15, -0.1) is 0 Å². The Morgan fingerprint density at radius 3 is 1.92 bits per heavy atom. The Hall–Kier alpha value is -2.33. The number of benzene rings is 2. The first-order valence-corrected chi connectivity index (χ1v) is 8.53. The third-order valence-corrected chi connectivity index (χ3v) is 3.51. The van der Waals surface area contributed by atoms with E-state index >= 15 is 0 Å². The molecule has 0 saturated heterocycles. The molecule has 0 saturated carbocycles. The summed E-state index contributed by atoms with van der Waals surface area (Å²) in [5.41, 5.74) is 3.57. The summed E-state index contributed by atoms with van der Waals surface area (Å²) in [6, 6.07) is 18.7. The topological polar surface area (TPSA) is 45.7 Å². The third kappa shape index (κ3) is 6.42. The average molecular weight is 325 g/mol. The lowest BCUT2D eigenvalue weighted by Crippen LogP contribution is -2.36. The third-order valence-electron chi connectivity index (χ3n) is 3.51. The Morgan fingerprint density at radius 1 is 0.792 bits per heavy atom. The molecule has 2 N–H and O–H groups in total. The molecule has 0 spiro atoms. The van der Waals surface area contributed by atoms with Gasteiger partial charge < -0.3 is 15.4 Å². The molecule has 4 heteroatoms. The van der Waals surface area contributed by atoms with Crippen molar-refractivity contribution in [2.45, 2.75) is 33.6 Å². The zero-order chi connectivity index (χ0) is 17.0. The van der Waals surface area contributed by atoms with E-state index in [1.807, 2.05) is 18.2 Å². The minimum atomic E-state index is 0.623. The van der Waals surface area contributed by atoms with E-state index < -0.39 is 0 Å². The van der Waals surface area contributed by atoms with E-state index in [0.29, 0.717) is 19.8 Å². The lowest BCUT2D eigenvalue weighted by Gasteiger charge is -2.09. The highest BCUT2D eigenvalue weighted by atomic mass is 16.5. The van der Waals surface area contributed by atoms with Crippen LogP contribution >= 0.6 is 0 Å². The second-order valence-electron chi connectivity index (χ2n) is 5.52. The molecule has 2 aromatic rings. The highest BCUT2D eigenvalue weighted by Crippen LogP contribution is 2.09. The lowest BCUT2D eigenvalue weighted by atomic mass is 10.1. The summed E-state index contributed by atoms with van der Waals surface area (Å²) in [4.78, 5) is 4.57. The molecule has 0 aliphatic heterocycles. The van der Waals surface area contributed by atoms with Gasteiger partial charge in [0.05, 0.1) is 19.8 Å². The van der Waals surface area contributed by atoms with Crippen LogP contribution in [0.25, 0.3) is 0 Å². The highest BCUT2D eigenvalue weighted by Gasteiger charge is 1.98. The number of nitrogens with zero attached hydrogens (tertiary/aromatic N) is 1. The Morgan fingerprint density at radius 2 is 1.33 bits per heavy atom. The summed E-state index contributed by atoms with van der Waals surface area (Å²) in [5.74, 6) is 0.857. The van der Waals surface area contributed by atoms with E-state index in [4.69, 9.17) is 4.74 Å². The maximum Gasteiger partial charge on any atom is 0.191 e. The molecule has 0 aromatic heterocycles. The van der Waals surface area contributed by atoms with Crippen molar-refractivity contribution in [1.82, 2.24) is 10.6 Å². The number of ether oxygens (including phenoxy) is 1. The van der Waals surface area contributed by atoms with E-state index in [1.165, 1.54) is 16.7 Å². The van der Waals surface area contributed by atoms with Crippen molar-refractivity contribution < 1.29 is 4.74 Å². The highest BCUT2D eigenvalue weighted by molar-refractivity contribution is 5.79. The van der Waals surface area contributed by atoms with Crippen LogP contribution in [-0.4, -0.2) is 19.0 Å². The second-order valence-corrected chi connectivity index (χ2v) is 5.52. The van der Waals surface area contributed by atoms with Crippen molar-refractivity contribution in [3.8, 4) is 0 Å². The van der Waals surface area contributed by atoms with Crippen LogP contribution in [0.3, 0.4) is 0 Å². The van der Waals surface area contributed by atoms with Crippen LogP contribution in [-0.2, 0) is 24.5 Å². The van der Waals surface area contributed by atoms with Gasteiger partial charge in [-0.2, -0.15) is 0 Å². The van der Waals surface area contributed by atoms with Crippen molar-refractivity contribution in [2.24, 2.45) is 4.99 Å². The molecule has 0 aliphatic rings. The fourth-order valence-electron chi connectivity index (χ4n) is 2.28. The lowest BCUT2D eigenvalue weighted by molar-refractivity contribution is 0.107. The monoisotopic (exact) mass is 325 g/mol. The van der Waals surface area contributed by atoms with Gasteiger partial charge in [-0.3, -0.25) is 0 Å². The smallest absolute Gasteiger partial charge is 0.191 e. The van der Waals surface area contributed by atoms with Crippen molar-refractivity contribution >= 4 is 5.96 Å². The quantitative estimate of drug-likeness (QED) is 0.577. The molecular formula is C20H27N3O. The summed E-state index contributed by atoms with van der Waals surface area (Å²) in [6.07, 6.45) is 0. The van der Waals surface area contributed by atoms with Crippen LogP contribution in [0.4, 0.5) is 0 Å². The molecule has 24 heavy (non-hydrogen) atoms. The molecule has 2 aromatic carbocycles. The molecule has 0 unspecified atom stereocenters. The van der Waals surface area contributed by atoms with E-state index in [0.717, 1.165) is 19.0 Å². The fourth-order valence-corrected chi connectivity index (χ4v) is 2.28. The normalized spacial score (nSPS) is 10.2. The molecule has 0 heterocycles. The average Bonchev–Trinajstić information content (AvgIpc) is 2.62. The van der Waals surface area contributed by atoms with Crippen molar-refractivity contribution in [3.05, 3.63) is 71.3 Å². The van der Waals surface area contributed by atoms with Crippen molar-refractivity contribution in [3.63, 3.8) is 0 Å². The van der Waals surface area contributed by atoms with Gasteiger partial charge in [0.2, 0.25) is 0 Å². The molecule has 128 valence electrons. The van der Waals surface area contributed by atoms with Gasteiger partial charge in [0.25, 0.3) is 0 Å². The van der Waals surface area contributed by atoms with Gasteiger partial charge >= 0.3 is 0 Å². The summed E-state index contributed by atoms with van der Waals surface area (Å²) < 4.78 is 5.76. The van der Waals surface area contributed by atoms with Crippen LogP contribution < -0.4 is 10.6 Å². The standard InChI is InChI=1S/C20H27N3O/c1-3-21-20(22-4-2)23-14-17-10-12-19(13-11-17)16-24-15-18-8-6-5-7-9-18/h5-13H,3-4,14-16H2,1-2H3,(H2,21,22,23). The first-order valence-electron chi connectivity index (χ1n) is 8.53. The van der Waals surface area contributed by atoms with Crippen LogP contribution in [0.5, 0.6) is 0 Å². The molecule has 0 fully saturated rings. The van der Waals surface area contributed by atoms with E-state index in [9.17, 15) is 0 Å². The minimum absolute atomic E-state index is 0.623. The minimum Gasteiger partial charge on any atom is -0.372 e. The molecule has 0 amide bonds. The van der Waals surface area contributed by atoms with E-state index in [1.54, 1.807) is 0 Å². The van der Waals surface area contributed by atoms with Gasteiger partial charge in [-0.05, 0) is 30.5 Å². The van der Waals surface area contributed by atoms with Gasteiger partial charge in [-0.1, -0.05) is 54.6 Å². The number of rotatable bonds is 8. The Labute approximate surface area is 145 Å². The zero-order valence-corrected chi connectivity index (χ0v) is 14.6. The fraction of sp³-hybridized carbons (Fsp3) is 0.350. The molecule has 0 radical (unpaired) electrons. The molecule has 0 atom stereocenters. The zero-order valence-electron chi connectivity index (χ0n) is 14.6.